The second kappa shape index (κ2) is 2.48. The molecule has 0 bridgehead atoms. The van der Waals surface area contributed by atoms with Gasteiger partial charge in [-0.1, -0.05) is 0 Å². The SMILES string of the molecule is Cn1cnc2c1C=CNC2C=O. The molecular weight excluding hydrogens is 154 g/mol. The van der Waals surface area contributed by atoms with E-state index in [0.717, 1.165) is 17.7 Å². The highest BCUT2D eigenvalue weighted by Gasteiger charge is 2.18. The minimum atomic E-state index is -0.286. The topological polar surface area (TPSA) is 46.9 Å². The van der Waals surface area contributed by atoms with Gasteiger partial charge in [0.15, 0.2) is 0 Å². The minimum Gasteiger partial charge on any atom is -0.376 e. The molecule has 0 aromatic carbocycles. The van der Waals surface area contributed by atoms with Crippen LogP contribution in [0, 0.1) is 0 Å². The van der Waals surface area contributed by atoms with Gasteiger partial charge in [-0.15, -0.1) is 0 Å². The van der Waals surface area contributed by atoms with E-state index in [9.17, 15) is 4.79 Å². The molecule has 1 aliphatic heterocycles. The molecule has 0 aliphatic carbocycles. The van der Waals surface area contributed by atoms with Crippen molar-refractivity contribution < 1.29 is 4.79 Å². The predicted octanol–water partition coefficient (Wildman–Crippen LogP) is 0.234. The zero-order chi connectivity index (χ0) is 8.55. The summed E-state index contributed by atoms with van der Waals surface area (Å²) in [7, 11) is 1.91. The molecule has 2 rings (SSSR count). The second-order valence-corrected chi connectivity index (χ2v) is 2.74. The summed E-state index contributed by atoms with van der Waals surface area (Å²) in [6.07, 6.45) is 6.24. The van der Waals surface area contributed by atoms with Crippen LogP contribution >= 0.6 is 0 Å². The third kappa shape index (κ3) is 0.845. The predicted molar refractivity (Wildman–Crippen MR) is 44.2 cm³/mol. The molecule has 4 nitrogen and oxygen atoms in total. The van der Waals surface area contributed by atoms with Gasteiger partial charge >= 0.3 is 0 Å². The highest BCUT2D eigenvalue weighted by Crippen LogP contribution is 2.19. The lowest BCUT2D eigenvalue weighted by Gasteiger charge is -2.13. The van der Waals surface area contributed by atoms with Gasteiger partial charge in [0, 0.05) is 7.05 Å². The first-order valence-electron chi connectivity index (χ1n) is 3.72. The third-order valence-electron chi connectivity index (χ3n) is 1.96. The quantitative estimate of drug-likeness (QED) is 0.603. The summed E-state index contributed by atoms with van der Waals surface area (Å²) < 4.78 is 1.89. The molecule has 0 saturated heterocycles. The zero-order valence-electron chi connectivity index (χ0n) is 6.69. The van der Waals surface area contributed by atoms with Crippen LogP contribution in [0.3, 0.4) is 0 Å². The number of aryl methyl sites for hydroxylation is 1. The van der Waals surface area contributed by atoms with Gasteiger partial charge in [0.05, 0.1) is 17.7 Å². The lowest BCUT2D eigenvalue weighted by Crippen LogP contribution is -2.21. The first-order valence-corrected chi connectivity index (χ1v) is 3.72. The van der Waals surface area contributed by atoms with E-state index in [4.69, 9.17) is 0 Å². The van der Waals surface area contributed by atoms with Gasteiger partial charge in [-0.3, -0.25) is 0 Å². The van der Waals surface area contributed by atoms with Crippen LogP contribution in [0.25, 0.3) is 6.08 Å². The van der Waals surface area contributed by atoms with E-state index in [1.54, 1.807) is 12.5 Å². The molecule has 62 valence electrons. The maximum Gasteiger partial charge on any atom is 0.148 e. The maximum atomic E-state index is 10.6. The normalized spacial score (nSPS) is 19.9. The number of hydrogen-bond donors (Lipinski definition) is 1. The van der Waals surface area contributed by atoms with Crippen LogP contribution in [0.5, 0.6) is 0 Å². The van der Waals surface area contributed by atoms with Crippen molar-refractivity contribution in [3.63, 3.8) is 0 Å². The molecule has 0 fully saturated rings. The summed E-state index contributed by atoms with van der Waals surface area (Å²) in [5, 5.41) is 2.91. The number of aldehydes is 1. The van der Waals surface area contributed by atoms with E-state index in [-0.39, 0.29) is 6.04 Å². The van der Waals surface area contributed by atoms with Crippen molar-refractivity contribution in [2.24, 2.45) is 7.05 Å². The number of carbonyl (C=O) groups is 1. The molecule has 0 spiro atoms. The fourth-order valence-electron chi connectivity index (χ4n) is 1.31. The Labute approximate surface area is 69.9 Å². The average molecular weight is 163 g/mol. The molecule has 12 heavy (non-hydrogen) atoms. The van der Waals surface area contributed by atoms with Crippen LogP contribution in [0.1, 0.15) is 17.4 Å². The molecule has 1 aromatic heterocycles. The van der Waals surface area contributed by atoms with Crippen LogP contribution in [-0.4, -0.2) is 15.8 Å². The van der Waals surface area contributed by atoms with E-state index in [2.05, 4.69) is 10.3 Å². The molecular formula is C8H9N3O. The van der Waals surface area contributed by atoms with Crippen molar-refractivity contribution in [1.29, 1.82) is 0 Å². The number of fused-ring (bicyclic) bond motifs is 1. The summed E-state index contributed by atoms with van der Waals surface area (Å²) in [6, 6.07) is -0.286. The minimum absolute atomic E-state index is 0.286. The Bertz CT molecular complexity index is 340. The largest absolute Gasteiger partial charge is 0.376 e. The van der Waals surface area contributed by atoms with E-state index < -0.39 is 0 Å². The number of hydrogen-bond acceptors (Lipinski definition) is 3. The summed E-state index contributed by atoms with van der Waals surface area (Å²) in [4.78, 5) is 14.7. The molecule has 2 heterocycles. The van der Waals surface area contributed by atoms with Crippen molar-refractivity contribution in [2.45, 2.75) is 6.04 Å². The highest BCUT2D eigenvalue weighted by atomic mass is 16.1. The number of imidazole rings is 1. The molecule has 1 aliphatic rings. The summed E-state index contributed by atoms with van der Waals surface area (Å²) in [6.45, 7) is 0. The van der Waals surface area contributed by atoms with Crippen molar-refractivity contribution in [1.82, 2.24) is 14.9 Å². The number of aromatic nitrogens is 2. The van der Waals surface area contributed by atoms with E-state index >= 15 is 0 Å². The van der Waals surface area contributed by atoms with Crippen molar-refractivity contribution in [3.05, 3.63) is 23.9 Å². The van der Waals surface area contributed by atoms with Gasteiger partial charge in [0.1, 0.15) is 12.3 Å². The molecule has 0 amide bonds. The highest BCUT2D eigenvalue weighted by molar-refractivity contribution is 5.66. The van der Waals surface area contributed by atoms with Gasteiger partial charge < -0.3 is 14.7 Å². The Balaban J connectivity index is 2.53. The molecule has 4 heteroatoms. The standard InChI is InChI=1S/C8H9N3O/c1-11-5-10-8-6(4-12)9-3-2-7(8)11/h2-6,9H,1H3. The van der Waals surface area contributed by atoms with Gasteiger partial charge in [-0.2, -0.15) is 0 Å². The fourth-order valence-corrected chi connectivity index (χ4v) is 1.31. The van der Waals surface area contributed by atoms with Gasteiger partial charge in [0.2, 0.25) is 0 Å². The van der Waals surface area contributed by atoms with E-state index in [1.807, 2.05) is 17.7 Å². The van der Waals surface area contributed by atoms with Crippen LogP contribution in [-0.2, 0) is 11.8 Å². The van der Waals surface area contributed by atoms with E-state index in [0.29, 0.717) is 0 Å². The van der Waals surface area contributed by atoms with E-state index in [1.165, 1.54) is 0 Å². The Morgan fingerprint density at radius 2 is 2.58 bits per heavy atom. The summed E-state index contributed by atoms with van der Waals surface area (Å²) in [5.41, 5.74) is 1.79. The molecule has 0 saturated carbocycles. The van der Waals surface area contributed by atoms with Crippen LogP contribution in [0.2, 0.25) is 0 Å². The molecule has 1 N–H and O–H groups in total. The first kappa shape index (κ1) is 7.09. The summed E-state index contributed by atoms with van der Waals surface area (Å²) in [5.74, 6) is 0. The summed E-state index contributed by atoms with van der Waals surface area (Å²) >= 11 is 0. The Kier molecular flexibility index (Phi) is 1.46. The van der Waals surface area contributed by atoms with Gasteiger partial charge in [-0.05, 0) is 12.3 Å². The molecule has 1 atom stereocenters. The molecule has 1 aromatic rings. The molecule has 0 radical (unpaired) electrons. The third-order valence-corrected chi connectivity index (χ3v) is 1.96. The van der Waals surface area contributed by atoms with Crippen molar-refractivity contribution >= 4 is 12.4 Å². The van der Waals surface area contributed by atoms with Crippen LogP contribution < -0.4 is 5.32 Å². The van der Waals surface area contributed by atoms with Gasteiger partial charge in [0.25, 0.3) is 0 Å². The maximum absolute atomic E-state index is 10.6. The zero-order valence-corrected chi connectivity index (χ0v) is 6.69. The number of carbonyl (C=O) groups excluding carboxylic acids is 1. The average Bonchev–Trinajstić information content (AvgIpc) is 2.48. The Morgan fingerprint density at radius 1 is 1.75 bits per heavy atom. The number of rotatable bonds is 1. The van der Waals surface area contributed by atoms with Crippen molar-refractivity contribution in [2.75, 3.05) is 0 Å². The van der Waals surface area contributed by atoms with Crippen LogP contribution in [0.4, 0.5) is 0 Å². The smallest absolute Gasteiger partial charge is 0.148 e. The monoisotopic (exact) mass is 163 g/mol. The number of nitrogens with zero attached hydrogens (tertiary/aromatic N) is 2. The fraction of sp³-hybridized carbons (Fsp3) is 0.250. The second-order valence-electron chi connectivity index (χ2n) is 2.74. The Hall–Kier alpha value is -1.58. The Morgan fingerprint density at radius 3 is 3.33 bits per heavy atom. The lowest BCUT2D eigenvalue weighted by molar-refractivity contribution is -0.109. The lowest BCUT2D eigenvalue weighted by atomic mass is 10.1. The van der Waals surface area contributed by atoms with Crippen LogP contribution in [0.15, 0.2) is 12.5 Å². The van der Waals surface area contributed by atoms with Crippen molar-refractivity contribution in [3.8, 4) is 0 Å². The number of nitrogens with one attached hydrogen (secondary N) is 1. The first-order chi connectivity index (χ1) is 5.83. The molecule has 1 unspecified atom stereocenters. The van der Waals surface area contributed by atoms with Gasteiger partial charge in [-0.25, -0.2) is 4.98 Å².